The van der Waals surface area contributed by atoms with Gasteiger partial charge in [-0.2, -0.15) is 0 Å². The zero-order chi connectivity index (χ0) is 15.1. The second-order valence-electron chi connectivity index (χ2n) is 6.18. The normalized spacial score (nSPS) is 24.9. The van der Waals surface area contributed by atoms with Crippen LogP contribution in [-0.4, -0.2) is 40.5 Å². The van der Waals surface area contributed by atoms with Gasteiger partial charge in [0.2, 0.25) is 0 Å². The van der Waals surface area contributed by atoms with Crippen molar-refractivity contribution in [2.24, 2.45) is 5.92 Å². The Morgan fingerprint density at radius 1 is 1.32 bits per heavy atom. The van der Waals surface area contributed by atoms with Gasteiger partial charge >= 0.3 is 0 Å². The summed E-state index contributed by atoms with van der Waals surface area (Å²) in [6, 6.07) is 3.76. The minimum absolute atomic E-state index is 0.286. The lowest BCUT2D eigenvalue weighted by Gasteiger charge is -2.24. The molecule has 4 rings (SSSR count). The second-order valence-corrected chi connectivity index (χ2v) is 6.18. The van der Waals surface area contributed by atoms with E-state index in [0.29, 0.717) is 12.0 Å². The largest absolute Gasteiger partial charge is 0.448 e. The molecule has 0 amide bonds. The summed E-state index contributed by atoms with van der Waals surface area (Å²) in [5.41, 5.74) is 1.03. The van der Waals surface area contributed by atoms with Gasteiger partial charge in [-0.1, -0.05) is 0 Å². The number of hydrogen-bond acceptors (Lipinski definition) is 5. The number of pyridine rings is 1. The number of anilines is 1. The molecule has 2 aromatic heterocycles. The fraction of sp³-hybridized carbons (Fsp3) is 0.500. The molecule has 0 aliphatic carbocycles. The minimum atomic E-state index is -0.286. The highest BCUT2D eigenvalue weighted by molar-refractivity contribution is 5.40. The van der Waals surface area contributed by atoms with E-state index in [9.17, 15) is 4.39 Å². The van der Waals surface area contributed by atoms with Gasteiger partial charge < -0.3 is 9.32 Å². The molecule has 2 atom stereocenters. The van der Waals surface area contributed by atoms with Crippen LogP contribution in [0.2, 0.25) is 0 Å². The third-order valence-electron chi connectivity index (χ3n) is 4.90. The third-order valence-corrected chi connectivity index (χ3v) is 4.90. The molecule has 2 aromatic rings. The van der Waals surface area contributed by atoms with Gasteiger partial charge in [-0.15, -0.1) is 0 Å². The molecule has 6 heteroatoms. The number of likely N-dealkylation sites (tertiary alicyclic amines) is 1. The molecular formula is C16H19FN4O. The predicted molar refractivity (Wildman–Crippen MR) is 80.0 cm³/mol. The van der Waals surface area contributed by atoms with E-state index < -0.39 is 0 Å². The Labute approximate surface area is 128 Å². The van der Waals surface area contributed by atoms with Crippen molar-refractivity contribution >= 4 is 5.82 Å². The van der Waals surface area contributed by atoms with Crippen LogP contribution in [0.1, 0.15) is 17.9 Å². The minimum Gasteiger partial charge on any atom is -0.448 e. The maximum absolute atomic E-state index is 13.0. The van der Waals surface area contributed by atoms with Crippen molar-refractivity contribution in [2.75, 3.05) is 24.5 Å². The summed E-state index contributed by atoms with van der Waals surface area (Å²) in [4.78, 5) is 13.3. The van der Waals surface area contributed by atoms with Gasteiger partial charge in [0.05, 0.1) is 11.9 Å². The average molecular weight is 302 g/mol. The first-order valence-corrected chi connectivity index (χ1v) is 7.70. The highest BCUT2D eigenvalue weighted by Crippen LogP contribution is 2.34. The fourth-order valence-electron chi connectivity index (χ4n) is 3.66. The van der Waals surface area contributed by atoms with Crippen molar-refractivity contribution in [3.8, 4) is 0 Å². The molecule has 22 heavy (non-hydrogen) atoms. The number of halogens is 1. The second kappa shape index (κ2) is 5.35. The lowest BCUT2D eigenvalue weighted by atomic mass is 10.1. The zero-order valence-corrected chi connectivity index (χ0v) is 12.6. The van der Waals surface area contributed by atoms with Gasteiger partial charge in [-0.3, -0.25) is 4.90 Å². The van der Waals surface area contributed by atoms with Crippen LogP contribution in [0.3, 0.4) is 0 Å². The van der Waals surface area contributed by atoms with E-state index in [1.165, 1.54) is 25.1 Å². The molecule has 4 heterocycles. The van der Waals surface area contributed by atoms with Crippen LogP contribution in [0.15, 0.2) is 29.1 Å². The van der Waals surface area contributed by atoms with Gasteiger partial charge in [0.25, 0.3) is 0 Å². The molecule has 116 valence electrons. The van der Waals surface area contributed by atoms with Crippen LogP contribution in [-0.2, 0) is 6.54 Å². The van der Waals surface area contributed by atoms with Crippen molar-refractivity contribution in [2.45, 2.75) is 25.9 Å². The molecule has 0 N–H and O–H groups in total. The van der Waals surface area contributed by atoms with E-state index in [4.69, 9.17) is 4.42 Å². The highest BCUT2D eigenvalue weighted by atomic mass is 19.1. The Bertz CT molecular complexity index is 656. The number of aromatic nitrogens is 2. The van der Waals surface area contributed by atoms with Crippen LogP contribution >= 0.6 is 0 Å². The Morgan fingerprint density at radius 2 is 2.23 bits per heavy atom. The van der Waals surface area contributed by atoms with Gasteiger partial charge in [-0.25, -0.2) is 14.4 Å². The van der Waals surface area contributed by atoms with Crippen LogP contribution in [0.5, 0.6) is 0 Å². The SMILES string of the molecule is Cc1ocnc1CN1CCC2CN(c3ccc(F)cn3)CC21. The monoisotopic (exact) mass is 302 g/mol. The molecule has 0 radical (unpaired) electrons. The molecule has 0 aromatic carbocycles. The van der Waals surface area contributed by atoms with Crippen LogP contribution in [0.4, 0.5) is 10.2 Å². The predicted octanol–water partition coefficient (Wildman–Crippen LogP) is 2.23. The van der Waals surface area contributed by atoms with Gasteiger partial charge in [0.1, 0.15) is 17.4 Å². The van der Waals surface area contributed by atoms with E-state index in [1.807, 2.05) is 6.92 Å². The quantitative estimate of drug-likeness (QED) is 0.870. The number of fused-ring (bicyclic) bond motifs is 1. The van der Waals surface area contributed by atoms with Crippen molar-refractivity contribution in [1.29, 1.82) is 0 Å². The first-order chi connectivity index (χ1) is 10.7. The van der Waals surface area contributed by atoms with Crippen molar-refractivity contribution in [1.82, 2.24) is 14.9 Å². The number of aryl methyl sites for hydroxylation is 1. The molecule has 2 saturated heterocycles. The molecule has 5 nitrogen and oxygen atoms in total. The molecule has 2 fully saturated rings. The molecule has 2 aliphatic heterocycles. The van der Waals surface area contributed by atoms with Gasteiger partial charge in [-0.05, 0) is 37.9 Å². The van der Waals surface area contributed by atoms with E-state index in [-0.39, 0.29) is 5.82 Å². The van der Waals surface area contributed by atoms with Crippen LogP contribution in [0.25, 0.3) is 0 Å². The van der Waals surface area contributed by atoms with E-state index >= 15 is 0 Å². The molecule has 0 bridgehead atoms. The summed E-state index contributed by atoms with van der Waals surface area (Å²) in [6.07, 6.45) is 4.00. The molecule has 2 unspecified atom stereocenters. The number of oxazole rings is 1. The zero-order valence-electron chi connectivity index (χ0n) is 12.6. The smallest absolute Gasteiger partial charge is 0.181 e. The third kappa shape index (κ3) is 2.37. The van der Waals surface area contributed by atoms with Gasteiger partial charge in [0.15, 0.2) is 6.39 Å². The standard InChI is InChI=1S/C16H19FN4O/c1-11-14(19-10-22-11)8-20-5-4-12-7-21(9-15(12)20)16-3-2-13(17)6-18-16/h2-3,6,10,12,15H,4-5,7-9H2,1H3. The summed E-state index contributed by atoms with van der Waals surface area (Å²) in [5.74, 6) is 2.14. The molecular weight excluding hydrogens is 283 g/mol. The Morgan fingerprint density at radius 3 is 2.95 bits per heavy atom. The maximum Gasteiger partial charge on any atom is 0.181 e. The van der Waals surface area contributed by atoms with E-state index in [0.717, 1.165) is 43.5 Å². The van der Waals surface area contributed by atoms with Gasteiger partial charge in [0, 0.05) is 25.7 Å². The van der Waals surface area contributed by atoms with Crippen LogP contribution < -0.4 is 4.90 Å². The average Bonchev–Trinajstić information content (AvgIpc) is 3.18. The molecule has 0 spiro atoms. The van der Waals surface area contributed by atoms with Crippen molar-refractivity contribution < 1.29 is 8.81 Å². The number of rotatable bonds is 3. The molecule has 0 saturated carbocycles. The van der Waals surface area contributed by atoms with Crippen LogP contribution in [0, 0.1) is 18.7 Å². The Balaban J connectivity index is 1.47. The first kappa shape index (κ1) is 13.7. The van der Waals surface area contributed by atoms with Crippen molar-refractivity contribution in [3.63, 3.8) is 0 Å². The summed E-state index contributed by atoms with van der Waals surface area (Å²) in [6.45, 7) is 5.84. The lowest BCUT2D eigenvalue weighted by Crippen LogP contribution is -2.35. The summed E-state index contributed by atoms with van der Waals surface area (Å²) >= 11 is 0. The highest BCUT2D eigenvalue weighted by Gasteiger charge is 2.41. The summed E-state index contributed by atoms with van der Waals surface area (Å²) < 4.78 is 18.3. The maximum atomic E-state index is 13.0. The Hall–Kier alpha value is -1.95. The first-order valence-electron chi connectivity index (χ1n) is 7.70. The summed E-state index contributed by atoms with van der Waals surface area (Å²) in [5, 5.41) is 0. The Kier molecular flexibility index (Phi) is 3.33. The van der Waals surface area contributed by atoms with E-state index in [2.05, 4.69) is 19.8 Å². The fourth-order valence-corrected chi connectivity index (χ4v) is 3.66. The van der Waals surface area contributed by atoms with E-state index in [1.54, 1.807) is 6.07 Å². The molecule has 2 aliphatic rings. The number of nitrogens with zero attached hydrogens (tertiary/aromatic N) is 4. The topological polar surface area (TPSA) is 45.4 Å². The van der Waals surface area contributed by atoms with Crippen molar-refractivity contribution in [3.05, 3.63) is 42.0 Å². The number of hydrogen-bond donors (Lipinski definition) is 0. The lowest BCUT2D eigenvalue weighted by molar-refractivity contribution is 0.242. The summed E-state index contributed by atoms with van der Waals surface area (Å²) in [7, 11) is 0.